The van der Waals surface area contributed by atoms with Gasteiger partial charge in [0.25, 0.3) is 0 Å². The fraction of sp³-hybridized carbons (Fsp3) is 0.333. The van der Waals surface area contributed by atoms with Gasteiger partial charge in [0.2, 0.25) is 0 Å². The summed E-state index contributed by atoms with van der Waals surface area (Å²) in [5.74, 6) is 0.814. The van der Waals surface area contributed by atoms with E-state index in [2.05, 4.69) is 16.5 Å². The molecule has 0 bridgehead atoms. The summed E-state index contributed by atoms with van der Waals surface area (Å²) in [7, 11) is 0. The predicted octanol–water partition coefficient (Wildman–Crippen LogP) is 1.25. The summed E-state index contributed by atoms with van der Waals surface area (Å²) >= 11 is 0. The lowest BCUT2D eigenvalue weighted by atomic mass is 10.2. The lowest BCUT2D eigenvalue weighted by Gasteiger charge is -1.98. The molecule has 0 aromatic carbocycles. The molecule has 0 N–H and O–H groups in total. The Kier molecular flexibility index (Phi) is 3.18. The highest BCUT2D eigenvalue weighted by Gasteiger charge is 1.95. The van der Waals surface area contributed by atoms with Gasteiger partial charge in [0.1, 0.15) is 5.82 Å². The third kappa shape index (κ3) is 2.28. The summed E-state index contributed by atoms with van der Waals surface area (Å²) in [5, 5.41) is 2.06. The number of nitrogens with zero attached hydrogens (tertiary/aromatic N) is 2. The summed E-state index contributed by atoms with van der Waals surface area (Å²) in [4.78, 5) is 8.70. The average Bonchev–Trinajstić information content (AvgIpc) is 2.08. The van der Waals surface area contributed by atoms with Crippen LogP contribution < -0.4 is 10.6 Å². The quantitative estimate of drug-likeness (QED) is 0.663. The summed E-state index contributed by atoms with van der Waals surface area (Å²) in [6.45, 7) is 11.7. The molecule has 0 aliphatic heterocycles. The summed E-state index contributed by atoms with van der Waals surface area (Å²) in [6, 6.07) is 0. The minimum Gasteiger partial charge on any atom is -0.238 e. The van der Waals surface area contributed by atoms with E-state index in [0.717, 1.165) is 27.7 Å². The average molecular weight is 188 g/mol. The van der Waals surface area contributed by atoms with E-state index in [1.54, 1.807) is 0 Å². The Bertz CT molecular complexity index is 470. The molecule has 0 saturated heterocycles. The van der Waals surface area contributed by atoms with E-state index in [1.165, 1.54) is 0 Å². The second kappa shape index (κ2) is 4.18. The molecule has 0 radical (unpaired) electrons. The van der Waals surface area contributed by atoms with Gasteiger partial charge in [-0.25, -0.2) is 9.97 Å². The fourth-order valence-electron chi connectivity index (χ4n) is 1.39. The molecule has 0 atom stereocenters. The third-order valence-corrected chi connectivity index (χ3v) is 1.94. The lowest BCUT2D eigenvalue weighted by Crippen LogP contribution is -2.32. The van der Waals surface area contributed by atoms with Crippen molar-refractivity contribution < 1.29 is 0 Å². The van der Waals surface area contributed by atoms with E-state index in [0.29, 0.717) is 0 Å². The van der Waals surface area contributed by atoms with Crippen molar-refractivity contribution in [2.45, 2.75) is 27.7 Å². The van der Waals surface area contributed by atoms with Crippen LogP contribution in [-0.4, -0.2) is 9.97 Å². The van der Waals surface area contributed by atoms with Gasteiger partial charge in [0, 0.05) is 10.9 Å². The van der Waals surface area contributed by atoms with Gasteiger partial charge in [0.05, 0.1) is 5.35 Å². The number of allylic oxidation sites excluding steroid dienone is 1. The Labute approximate surface area is 84.7 Å². The molecule has 14 heavy (non-hydrogen) atoms. The van der Waals surface area contributed by atoms with Crippen LogP contribution in [0, 0.1) is 13.8 Å². The third-order valence-electron chi connectivity index (χ3n) is 1.94. The molecule has 2 heteroatoms. The van der Waals surface area contributed by atoms with Crippen molar-refractivity contribution in [2.24, 2.45) is 0 Å². The number of rotatable bonds is 1. The molecule has 1 rings (SSSR count). The molecule has 0 unspecified atom stereocenters. The highest BCUT2D eigenvalue weighted by molar-refractivity contribution is 5.44. The van der Waals surface area contributed by atoms with Gasteiger partial charge in [-0.1, -0.05) is 18.2 Å². The lowest BCUT2D eigenvalue weighted by molar-refractivity contribution is 0.965. The van der Waals surface area contributed by atoms with E-state index >= 15 is 0 Å². The molecule has 2 nitrogen and oxygen atoms in total. The van der Waals surface area contributed by atoms with Crippen LogP contribution in [0.3, 0.4) is 0 Å². The second-order valence-electron chi connectivity index (χ2n) is 3.43. The Morgan fingerprint density at radius 1 is 1.29 bits per heavy atom. The topological polar surface area (TPSA) is 25.8 Å². The molecule has 0 amide bonds. The van der Waals surface area contributed by atoms with E-state index in [4.69, 9.17) is 0 Å². The molecule has 0 aliphatic rings. The number of aryl methyl sites for hydroxylation is 2. The van der Waals surface area contributed by atoms with Crippen LogP contribution in [0.4, 0.5) is 0 Å². The molecule has 0 saturated carbocycles. The summed E-state index contributed by atoms with van der Waals surface area (Å²) in [5.41, 5.74) is 2.03. The van der Waals surface area contributed by atoms with Crippen LogP contribution in [0.2, 0.25) is 0 Å². The van der Waals surface area contributed by atoms with Crippen LogP contribution in [0.1, 0.15) is 25.4 Å². The largest absolute Gasteiger partial charge is 0.238 e. The zero-order valence-corrected chi connectivity index (χ0v) is 9.26. The van der Waals surface area contributed by atoms with E-state index in [9.17, 15) is 0 Å². The monoisotopic (exact) mass is 188 g/mol. The molecule has 74 valence electrons. The van der Waals surface area contributed by atoms with Crippen molar-refractivity contribution >= 4 is 12.2 Å². The van der Waals surface area contributed by atoms with Crippen molar-refractivity contribution in [3.8, 4) is 0 Å². The maximum absolute atomic E-state index is 4.37. The Balaban J connectivity index is 3.66. The van der Waals surface area contributed by atoms with Crippen molar-refractivity contribution in [3.63, 3.8) is 0 Å². The minimum atomic E-state index is 0.814. The van der Waals surface area contributed by atoms with Crippen LogP contribution in [0.25, 0.3) is 12.2 Å². The predicted molar refractivity (Wildman–Crippen MR) is 60.2 cm³/mol. The maximum atomic E-state index is 4.37. The van der Waals surface area contributed by atoms with Crippen LogP contribution >= 0.6 is 0 Å². The molecular weight excluding hydrogens is 172 g/mol. The molecular formula is C12H16N2. The van der Waals surface area contributed by atoms with E-state index in [-0.39, 0.29) is 0 Å². The zero-order chi connectivity index (χ0) is 10.7. The van der Waals surface area contributed by atoms with Gasteiger partial charge in [-0.3, -0.25) is 0 Å². The summed E-state index contributed by atoms with van der Waals surface area (Å²) < 4.78 is 0. The first-order chi connectivity index (χ1) is 6.54. The molecule has 1 aromatic rings. The Morgan fingerprint density at radius 3 is 2.43 bits per heavy atom. The van der Waals surface area contributed by atoms with Crippen molar-refractivity contribution in [1.29, 1.82) is 0 Å². The van der Waals surface area contributed by atoms with Crippen LogP contribution in [0.15, 0.2) is 12.2 Å². The van der Waals surface area contributed by atoms with Gasteiger partial charge in [-0.2, -0.15) is 0 Å². The van der Waals surface area contributed by atoms with E-state index < -0.39 is 0 Å². The first-order valence-corrected chi connectivity index (χ1v) is 4.69. The van der Waals surface area contributed by atoms with Gasteiger partial charge in [-0.15, -0.1) is 0 Å². The SMILES string of the molecule is C=C(C)/C=c1/c(C)nc(C)n/c1=C/C. The molecule has 1 heterocycles. The van der Waals surface area contributed by atoms with Crippen LogP contribution in [0.5, 0.6) is 0 Å². The van der Waals surface area contributed by atoms with Gasteiger partial charge in [-0.05, 0) is 33.8 Å². The van der Waals surface area contributed by atoms with Crippen molar-refractivity contribution in [3.05, 3.63) is 34.2 Å². The highest BCUT2D eigenvalue weighted by Crippen LogP contribution is 1.88. The first kappa shape index (κ1) is 10.6. The minimum absolute atomic E-state index is 0.814. The molecule has 0 fully saturated rings. The number of hydrogen-bond donors (Lipinski definition) is 0. The molecule has 1 aromatic heterocycles. The normalized spacial score (nSPS) is 13.4. The molecule has 0 spiro atoms. The zero-order valence-electron chi connectivity index (χ0n) is 9.26. The smallest absolute Gasteiger partial charge is 0.126 e. The Hall–Kier alpha value is -1.44. The second-order valence-corrected chi connectivity index (χ2v) is 3.43. The standard InChI is InChI=1S/C12H16N2/c1-6-12-11(7-8(2)3)9(4)13-10(5)14-12/h6-7H,2H2,1,3-5H3/b11-7-,12-6+. The van der Waals surface area contributed by atoms with Gasteiger partial charge in [0.15, 0.2) is 0 Å². The first-order valence-electron chi connectivity index (χ1n) is 4.69. The molecule has 0 aliphatic carbocycles. The summed E-state index contributed by atoms with van der Waals surface area (Å²) in [6.07, 6.45) is 4.01. The van der Waals surface area contributed by atoms with E-state index in [1.807, 2.05) is 39.8 Å². The highest BCUT2D eigenvalue weighted by atomic mass is 14.9. The Morgan fingerprint density at radius 2 is 1.93 bits per heavy atom. The van der Waals surface area contributed by atoms with Crippen molar-refractivity contribution in [2.75, 3.05) is 0 Å². The van der Waals surface area contributed by atoms with Crippen LogP contribution in [-0.2, 0) is 0 Å². The van der Waals surface area contributed by atoms with Gasteiger partial charge < -0.3 is 0 Å². The maximum Gasteiger partial charge on any atom is 0.126 e. The number of hydrogen-bond acceptors (Lipinski definition) is 2. The van der Waals surface area contributed by atoms with Crippen molar-refractivity contribution in [1.82, 2.24) is 9.97 Å². The number of aromatic nitrogens is 2. The van der Waals surface area contributed by atoms with Gasteiger partial charge >= 0.3 is 0 Å². The fourth-order valence-corrected chi connectivity index (χ4v) is 1.39.